The van der Waals surface area contributed by atoms with Gasteiger partial charge >= 0.3 is 0 Å². The van der Waals surface area contributed by atoms with Crippen molar-refractivity contribution >= 4 is 31.9 Å². The summed E-state index contributed by atoms with van der Waals surface area (Å²) in [4.78, 5) is 2.55. The maximum absolute atomic E-state index is 6.08. The van der Waals surface area contributed by atoms with Crippen LogP contribution in [0, 0.1) is 11.3 Å². The molecular weight excluding hydrogens is 392 g/mol. The molecule has 1 unspecified atom stereocenters. The summed E-state index contributed by atoms with van der Waals surface area (Å²) in [6.07, 6.45) is 2.55. The van der Waals surface area contributed by atoms with Crippen LogP contribution in [0.2, 0.25) is 0 Å². The minimum Gasteiger partial charge on any atom is -0.329 e. The maximum Gasteiger partial charge on any atom is 0.0470 e. The molecule has 1 aliphatic heterocycles. The van der Waals surface area contributed by atoms with Gasteiger partial charge in [-0.2, -0.15) is 0 Å². The van der Waals surface area contributed by atoms with Gasteiger partial charge in [-0.3, -0.25) is 4.90 Å². The molecular formula is C17H26Br2N2. The average molecular weight is 418 g/mol. The van der Waals surface area contributed by atoms with Gasteiger partial charge in [0.2, 0.25) is 0 Å². The fourth-order valence-electron chi connectivity index (χ4n) is 3.29. The molecule has 0 saturated carbocycles. The fourth-order valence-corrected chi connectivity index (χ4v) is 3.94. The molecule has 0 amide bonds. The first kappa shape index (κ1) is 17.5. The molecule has 118 valence electrons. The summed E-state index contributed by atoms with van der Waals surface area (Å²) >= 11 is 7.13. The molecule has 2 rings (SSSR count). The average Bonchev–Trinajstić information content (AvgIpc) is 2.43. The Kier molecular flexibility index (Phi) is 5.91. The Balaban J connectivity index is 2.07. The molecule has 0 radical (unpaired) electrons. The molecule has 0 aliphatic carbocycles. The third-order valence-corrected chi connectivity index (χ3v) is 6.63. The largest absolute Gasteiger partial charge is 0.329 e. The molecule has 1 saturated heterocycles. The molecule has 1 heterocycles. The maximum atomic E-state index is 6.08. The van der Waals surface area contributed by atoms with Crippen molar-refractivity contribution < 1.29 is 0 Å². The SMILES string of the molecule is CC(C)(C)C1CCN(C(CN)c2ccc(Br)c(Br)c2)CC1. The van der Waals surface area contributed by atoms with E-state index >= 15 is 0 Å². The number of nitrogens with zero attached hydrogens (tertiary/aromatic N) is 1. The van der Waals surface area contributed by atoms with E-state index in [2.05, 4.69) is 75.7 Å². The van der Waals surface area contributed by atoms with Crippen LogP contribution in [-0.2, 0) is 0 Å². The Bertz CT molecular complexity index is 474. The van der Waals surface area contributed by atoms with Gasteiger partial charge in [-0.1, -0.05) is 26.8 Å². The van der Waals surface area contributed by atoms with Crippen molar-refractivity contribution in [2.75, 3.05) is 19.6 Å². The second-order valence-corrected chi connectivity index (χ2v) is 8.81. The zero-order valence-electron chi connectivity index (χ0n) is 13.2. The first-order valence-corrected chi connectivity index (χ1v) is 9.30. The van der Waals surface area contributed by atoms with E-state index in [1.807, 2.05) is 0 Å². The Morgan fingerprint density at radius 3 is 2.29 bits per heavy atom. The zero-order valence-corrected chi connectivity index (χ0v) is 16.4. The van der Waals surface area contributed by atoms with Crippen molar-refractivity contribution in [1.82, 2.24) is 4.90 Å². The highest BCUT2D eigenvalue weighted by Gasteiger charge is 2.31. The van der Waals surface area contributed by atoms with Gasteiger partial charge in [-0.15, -0.1) is 0 Å². The van der Waals surface area contributed by atoms with Crippen molar-refractivity contribution in [3.8, 4) is 0 Å². The van der Waals surface area contributed by atoms with Crippen molar-refractivity contribution in [2.45, 2.75) is 39.7 Å². The highest BCUT2D eigenvalue weighted by atomic mass is 79.9. The van der Waals surface area contributed by atoms with E-state index in [0.29, 0.717) is 18.0 Å². The summed E-state index contributed by atoms with van der Waals surface area (Å²) in [5, 5.41) is 0. The Labute approximate surface area is 145 Å². The Morgan fingerprint density at radius 2 is 1.81 bits per heavy atom. The molecule has 1 aromatic carbocycles. The number of hydrogen-bond donors (Lipinski definition) is 1. The minimum absolute atomic E-state index is 0.329. The summed E-state index contributed by atoms with van der Waals surface area (Å²) in [7, 11) is 0. The minimum atomic E-state index is 0.329. The number of benzene rings is 1. The molecule has 2 nitrogen and oxygen atoms in total. The van der Waals surface area contributed by atoms with E-state index in [1.54, 1.807) is 0 Å². The molecule has 1 aromatic rings. The van der Waals surface area contributed by atoms with Gasteiger partial charge in [0.15, 0.2) is 0 Å². The lowest BCUT2D eigenvalue weighted by molar-refractivity contribution is 0.0846. The van der Waals surface area contributed by atoms with Crippen molar-refractivity contribution in [1.29, 1.82) is 0 Å². The Hall–Kier alpha value is 0.1000. The topological polar surface area (TPSA) is 29.3 Å². The molecule has 21 heavy (non-hydrogen) atoms. The molecule has 1 aliphatic rings. The predicted molar refractivity (Wildman–Crippen MR) is 97.4 cm³/mol. The van der Waals surface area contributed by atoms with Crippen LogP contribution >= 0.6 is 31.9 Å². The third kappa shape index (κ3) is 4.31. The summed E-state index contributed by atoms with van der Waals surface area (Å²) < 4.78 is 2.19. The first-order valence-electron chi connectivity index (χ1n) is 7.72. The molecule has 2 N–H and O–H groups in total. The quantitative estimate of drug-likeness (QED) is 0.752. The lowest BCUT2D eigenvalue weighted by Crippen LogP contribution is -2.42. The van der Waals surface area contributed by atoms with Gasteiger partial charge in [-0.05, 0) is 86.8 Å². The number of rotatable bonds is 3. The first-order chi connectivity index (χ1) is 9.82. The van der Waals surface area contributed by atoms with E-state index in [1.165, 1.54) is 18.4 Å². The number of likely N-dealkylation sites (tertiary alicyclic amines) is 1. The van der Waals surface area contributed by atoms with Crippen LogP contribution in [0.1, 0.15) is 45.2 Å². The Morgan fingerprint density at radius 1 is 1.19 bits per heavy atom. The second kappa shape index (κ2) is 7.12. The smallest absolute Gasteiger partial charge is 0.0470 e. The molecule has 0 aromatic heterocycles. The lowest BCUT2D eigenvalue weighted by Gasteiger charge is -2.41. The highest BCUT2D eigenvalue weighted by Crippen LogP contribution is 2.37. The van der Waals surface area contributed by atoms with Crippen LogP contribution in [0.5, 0.6) is 0 Å². The number of halogens is 2. The van der Waals surface area contributed by atoms with E-state index in [4.69, 9.17) is 5.73 Å². The van der Waals surface area contributed by atoms with Crippen LogP contribution in [0.25, 0.3) is 0 Å². The second-order valence-electron chi connectivity index (χ2n) is 7.10. The van der Waals surface area contributed by atoms with E-state index in [9.17, 15) is 0 Å². The number of hydrogen-bond acceptors (Lipinski definition) is 2. The summed E-state index contributed by atoms with van der Waals surface area (Å²) in [6, 6.07) is 6.80. The van der Waals surface area contributed by atoms with Gasteiger partial charge in [-0.25, -0.2) is 0 Å². The predicted octanol–water partition coefficient (Wildman–Crippen LogP) is 4.97. The van der Waals surface area contributed by atoms with Gasteiger partial charge in [0.1, 0.15) is 0 Å². The fraction of sp³-hybridized carbons (Fsp3) is 0.647. The molecule has 0 bridgehead atoms. The van der Waals surface area contributed by atoms with Crippen LogP contribution in [-0.4, -0.2) is 24.5 Å². The van der Waals surface area contributed by atoms with Crippen LogP contribution in [0.3, 0.4) is 0 Å². The van der Waals surface area contributed by atoms with E-state index < -0.39 is 0 Å². The summed E-state index contributed by atoms with van der Waals surface area (Å²) in [6.45, 7) is 10.1. The van der Waals surface area contributed by atoms with Gasteiger partial charge in [0.05, 0.1) is 0 Å². The molecule has 0 spiro atoms. The van der Waals surface area contributed by atoms with Gasteiger partial charge in [0.25, 0.3) is 0 Å². The number of piperidine rings is 1. The van der Waals surface area contributed by atoms with Crippen LogP contribution < -0.4 is 5.73 Å². The molecule has 1 fully saturated rings. The lowest BCUT2D eigenvalue weighted by atomic mass is 9.75. The third-order valence-electron chi connectivity index (χ3n) is 4.75. The monoisotopic (exact) mass is 416 g/mol. The standard InChI is InChI=1S/C17H26Br2N2/c1-17(2,3)13-6-8-21(9-7-13)16(11-20)12-4-5-14(18)15(19)10-12/h4-5,10,13,16H,6-9,11,20H2,1-3H3. The van der Waals surface area contributed by atoms with Gasteiger partial charge in [0, 0.05) is 21.5 Å². The zero-order chi connectivity index (χ0) is 15.6. The highest BCUT2D eigenvalue weighted by molar-refractivity contribution is 9.13. The summed E-state index contributed by atoms with van der Waals surface area (Å²) in [5.74, 6) is 0.823. The van der Waals surface area contributed by atoms with E-state index in [-0.39, 0.29) is 0 Å². The van der Waals surface area contributed by atoms with E-state index in [0.717, 1.165) is 28.0 Å². The van der Waals surface area contributed by atoms with Crippen LogP contribution in [0.4, 0.5) is 0 Å². The normalized spacial score (nSPS) is 19.7. The van der Waals surface area contributed by atoms with Crippen molar-refractivity contribution in [3.63, 3.8) is 0 Å². The molecule has 4 heteroatoms. The summed E-state index contributed by atoms with van der Waals surface area (Å²) in [5.41, 5.74) is 7.80. The van der Waals surface area contributed by atoms with Crippen LogP contribution in [0.15, 0.2) is 27.1 Å². The van der Waals surface area contributed by atoms with Gasteiger partial charge < -0.3 is 5.73 Å². The molecule has 1 atom stereocenters. The number of nitrogens with two attached hydrogens (primary N) is 1. The van der Waals surface area contributed by atoms with Crippen molar-refractivity contribution in [3.05, 3.63) is 32.7 Å². The van der Waals surface area contributed by atoms with Crippen molar-refractivity contribution in [2.24, 2.45) is 17.1 Å².